The van der Waals surface area contributed by atoms with Crippen molar-refractivity contribution in [3.8, 4) is 6.07 Å². The molecule has 0 aliphatic carbocycles. The quantitative estimate of drug-likeness (QED) is 0.517. The van der Waals surface area contributed by atoms with Crippen LogP contribution >= 0.6 is 0 Å². The Hall–Kier alpha value is -1.30. The molecule has 0 amide bonds. The van der Waals surface area contributed by atoms with Crippen molar-refractivity contribution < 1.29 is 9.90 Å². The van der Waals surface area contributed by atoms with E-state index in [4.69, 9.17) is 5.26 Å². The molecule has 0 radical (unpaired) electrons. The molecule has 0 bridgehead atoms. The maximum absolute atomic E-state index is 12.3. The summed E-state index contributed by atoms with van der Waals surface area (Å²) in [6.45, 7) is 9.69. The van der Waals surface area contributed by atoms with Crippen molar-refractivity contribution >= 4 is 5.78 Å². The molecule has 0 aromatic carbocycles. The van der Waals surface area contributed by atoms with E-state index in [9.17, 15) is 9.90 Å². The van der Waals surface area contributed by atoms with Crippen LogP contribution in [0.3, 0.4) is 0 Å². The molecule has 0 aromatic rings. The van der Waals surface area contributed by atoms with Crippen molar-refractivity contribution in [2.24, 2.45) is 11.3 Å². The number of carbonyl (C=O) groups is 1. The van der Waals surface area contributed by atoms with Crippen LogP contribution in [0, 0.1) is 22.7 Å². The van der Waals surface area contributed by atoms with Crippen molar-refractivity contribution in [3.05, 3.63) is 11.3 Å². The molecule has 0 saturated carbocycles. The number of hydrogen-bond donors (Lipinski definition) is 1. The number of allylic oxidation sites excluding steroid dienone is 2. The number of aliphatic hydroxyl groups is 1. The lowest BCUT2D eigenvalue weighted by molar-refractivity contribution is -0.119. The topological polar surface area (TPSA) is 61.1 Å². The van der Waals surface area contributed by atoms with Crippen LogP contribution in [0.2, 0.25) is 0 Å². The average Bonchev–Trinajstić information content (AvgIpc) is 2.45. The minimum atomic E-state index is -0.301. The van der Waals surface area contributed by atoms with E-state index in [0.29, 0.717) is 12.0 Å². The van der Waals surface area contributed by atoms with E-state index in [2.05, 4.69) is 0 Å². The van der Waals surface area contributed by atoms with Gasteiger partial charge in [0.2, 0.25) is 0 Å². The van der Waals surface area contributed by atoms with Gasteiger partial charge >= 0.3 is 0 Å². The molecule has 1 unspecified atom stereocenters. The minimum absolute atomic E-state index is 0.0822. The first-order valence-corrected chi connectivity index (χ1v) is 7.25. The average molecular weight is 265 g/mol. The van der Waals surface area contributed by atoms with Crippen LogP contribution < -0.4 is 0 Å². The second-order valence-corrected chi connectivity index (χ2v) is 5.15. The molecule has 1 N–H and O–H groups in total. The summed E-state index contributed by atoms with van der Waals surface area (Å²) in [5, 5.41) is 19.2. The van der Waals surface area contributed by atoms with Crippen molar-refractivity contribution in [2.45, 2.75) is 66.7 Å². The van der Waals surface area contributed by atoms with E-state index in [0.717, 1.165) is 19.3 Å². The van der Waals surface area contributed by atoms with Gasteiger partial charge in [0.05, 0.1) is 6.07 Å². The van der Waals surface area contributed by atoms with Crippen molar-refractivity contribution in [1.29, 1.82) is 5.26 Å². The molecular formula is C16H27NO2. The Bertz CT molecular complexity index is 364. The predicted molar refractivity (Wildman–Crippen MR) is 77.7 cm³/mol. The number of nitriles is 1. The monoisotopic (exact) mass is 265 g/mol. The zero-order valence-corrected chi connectivity index (χ0v) is 12.9. The molecule has 0 fully saturated rings. The van der Waals surface area contributed by atoms with Crippen LogP contribution in [0.1, 0.15) is 66.7 Å². The number of carbonyl (C=O) groups excluding carboxylic acids is 1. The van der Waals surface area contributed by atoms with Crippen LogP contribution in [-0.2, 0) is 4.79 Å². The zero-order chi connectivity index (χ0) is 15.1. The van der Waals surface area contributed by atoms with Crippen LogP contribution in [0.25, 0.3) is 0 Å². The first-order valence-electron chi connectivity index (χ1n) is 7.25. The van der Waals surface area contributed by atoms with E-state index in [-0.39, 0.29) is 29.3 Å². The molecule has 3 nitrogen and oxygen atoms in total. The van der Waals surface area contributed by atoms with Gasteiger partial charge in [-0.3, -0.25) is 4.79 Å². The number of nitrogens with zero attached hydrogens (tertiary/aromatic N) is 1. The highest BCUT2D eigenvalue weighted by atomic mass is 16.3. The summed E-state index contributed by atoms with van der Waals surface area (Å²) in [7, 11) is 0. The van der Waals surface area contributed by atoms with Crippen LogP contribution in [0.5, 0.6) is 0 Å². The highest BCUT2D eigenvalue weighted by molar-refractivity contribution is 5.97. The van der Waals surface area contributed by atoms with E-state index in [1.807, 2.05) is 33.8 Å². The Kier molecular flexibility index (Phi) is 7.44. The fourth-order valence-corrected chi connectivity index (χ4v) is 2.61. The summed E-state index contributed by atoms with van der Waals surface area (Å²) >= 11 is 0. The molecular weight excluding hydrogens is 238 g/mol. The molecule has 1 atom stereocenters. The van der Waals surface area contributed by atoms with Crippen molar-refractivity contribution in [3.63, 3.8) is 0 Å². The Balaban J connectivity index is 5.44. The smallest absolute Gasteiger partial charge is 0.166 e. The van der Waals surface area contributed by atoms with E-state index in [1.165, 1.54) is 0 Å². The highest BCUT2D eigenvalue weighted by Crippen LogP contribution is 2.39. The van der Waals surface area contributed by atoms with Crippen LogP contribution in [-0.4, -0.2) is 10.9 Å². The number of Topliss-reactive ketones (excluding diaryl/α,β-unsaturated/α-hetero) is 1. The summed E-state index contributed by atoms with van der Waals surface area (Å²) in [6, 6.07) is 2.05. The van der Waals surface area contributed by atoms with Gasteiger partial charge in [-0.2, -0.15) is 5.26 Å². The maximum Gasteiger partial charge on any atom is 0.166 e. The molecule has 108 valence electrons. The van der Waals surface area contributed by atoms with Crippen molar-refractivity contribution in [2.75, 3.05) is 0 Å². The van der Waals surface area contributed by atoms with Crippen LogP contribution in [0.4, 0.5) is 0 Å². The zero-order valence-electron chi connectivity index (χ0n) is 12.9. The maximum atomic E-state index is 12.3. The molecule has 19 heavy (non-hydrogen) atoms. The number of rotatable bonds is 8. The summed E-state index contributed by atoms with van der Waals surface area (Å²) in [4.78, 5) is 12.3. The van der Waals surface area contributed by atoms with E-state index in [1.54, 1.807) is 6.92 Å². The van der Waals surface area contributed by atoms with Gasteiger partial charge in [0.15, 0.2) is 5.78 Å². The molecule has 0 saturated heterocycles. The third kappa shape index (κ3) is 3.83. The lowest BCUT2D eigenvalue weighted by Gasteiger charge is -2.31. The number of ketones is 1. The van der Waals surface area contributed by atoms with Gasteiger partial charge in [-0.1, -0.05) is 27.7 Å². The fourth-order valence-electron chi connectivity index (χ4n) is 2.61. The molecule has 0 aliphatic rings. The SMILES string of the molecule is CCC(CC#N)C(=O)/C(C)=C(\O)C(CC)(CC)CC. The van der Waals surface area contributed by atoms with Gasteiger partial charge in [0, 0.05) is 23.3 Å². The minimum Gasteiger partial charge on any atom is -0.511 e. The van der Waals surface area contributed by atoms with Gasteiger partial charge in [0.25, 0.3) is 0 Å². The highest BCUT2D eigenvalue weighted by Gasteiger charge is 2.33. The Morgan fingerprint density at radius 2 is 1.68 bits per heavy atom. The lowest BCUT2D eigenvalue weighted by Crippen LogP contribution is -2.25. The van der Waals surface area contributed by atoms with Crippen LogP contribution in [0.15, 0.2) is 11.3 Å². The first kappa shape index (κ1) is 17.7. The third-order valence-electron chi connectivity index (χ3n) is 4.46. The van der Waals surface area contributed by atoms with Gasteiger partial charge in [-0.05, 0) is 32.6 Å². The molecule has 0 rings (SSSR count). The Labute approximate surface area is 117 Å². The molecule has 0 spiro atoms. The second-order valence-electron chi connectivity index (χ2n) is 5.15. The van der Waals surface area contributed by atoms with Gasteiger partial charge in [-0.15, -0.1) is 0 Å². The molecule has 0 aliphatic heterocycles. The lowest BCUT2D eigenvalue weighted by atomic mass is 9.75. The molecule has 0 heterocycles. The van der Waals surface area contributed by atoms with E-state index >= 15 is 0 Å². The molecule has 0 aromatic heterocycles. The summed E-state index contributed by atoms with van der Waals surface area (Å²) in [5.74, 6) is -0.155. The summed E-state index contributed by atoms with van der Waals surface area (Å²) in [6.07, 6.45) is 3.29. The second kappa shape index (κ2) is 7.99. The van der Waals surface area contributed by atoms with E-state index < -0.39 is 0 Å². The largest absolute Gasteiger partial charge is 0.511 e. The predicted octanol–water partition coefficient (Wildman–Crippen LogP) is 4.54. The fraction of sp³-hybridized carbons (Fsp3) is 0.750. The van der Waals surface area contributed by atoms with Crippen molar-refractivity contribution in [1.82, 2.24) is 0 Å². The molecule has 3 heteroatoms. The Morgan fingerprint density at radius 3 is 2.00 bits per heavy atom. The third-order valence-corrected chi connectivity index (χ3v) is 4.46. The summed E-state index contributed by atoms with van der Waals surface area (Å²) < 4.78 is 0. The van der Waals surface area contributed by atoms with Gasteiger partial charge in [-0.25, -0.2) is 0 Å². The normalized spacial score (nSPS) is 14.5. The number of aliphatic hydroxyl groups excluding tert-OH is 1. The standard InChI is InChI=1S/C16H27NO2/c1-6-13(10-11-17)14(18)12(5)15(19)16(7-2,8-3)9-4/h13,19H,6-10H2,1-5H3/b15-12-. The van der Waals surface area contributed by atoms with Gasteiger partial charge in [0.1, 0.15) is 5.76 Å². The number of hydrogen-bond acceptors (Lipinski definition) is 3. The van der Waals surface area contributed by atoms with Gasteiger partial charge < -0.3 is 5.11 Å². The Morgan fingerprint density at radius 1 is 1.21 bits per heavy atom. The summed E-state index contributed by atoms with van der Waals surface area (Å²) in [5.41, 5.74) is 0.137. The first-order chi connectivity index (χ1) is 8.93.